The van der Waals surface area contributed by atoms with Crippen LogP contribution >= 0.6 is 0 Å². The second-order valence-electron chi connectivity index (χ2n) is 2.59. The molecule has 0 aliphatic rings. The van der Waals surface area contributed by atoms with Gasteiger partial charge >= 0.3 is 11.9 Å². The van der Waals surface area contributed by atoms with Gasteiger partial charge in [-0.15, -0.1) is 0 Å². The van der Waals surface area contributed by atoms with Crippen molar-refractivity contribution in [3.8, 4) is 0 Å². The van der Waals surface area contributed by atoms with Crippen molar-refractivity contribution in [2.75, 3.05) is 0 Å². The number of carboxylic acids is 1. The Morgan fingerprint density at radius 2 is 1.75 bits per heavy atom. The van der Waals surface area contributed by atoms with E-state index in [1.807, 2.05) is 0 Å². The number of carbonyl (C=O) groups is 2. The maximum atomic E-state index is 11.3. The van der Waals surface area contributed by atoms with Crippen molar-refractivity contribution in [1.82, 2.24) is 4.89 Å². The Bertz CT molecular complexity index is 487. The molecule has 0 aliphatic heterocycles. The molecular formula is C8H7NO6S. The monoisotopic (exact) mass is 245 g/mol. The van der Waals surface area contributed by atoms with Gasteiger partial charge in [-0.2, -0.15) is 0 Å². The molecule has 2 N–H and O–H groups in total. The first-order chi connectivity index (χ1) is 7.52. The fourth-order valence-corrected chi connectivity index (χ4v) is 1.14. The van der Waals surface area contributed by atoms with E-state index in [4.69, 9.17) is 5.11 Å². The topological polar surface area (TPSA) is 110 Å². The molecule has 0 aliphatic carbocycles. The molecule has 0 radical (unpaired) electrons. The summed E-state index contributed by atoms with van der Waals surface area (Å²) >= 11 is 0. The van der Waals surface area contributed by atoms with Gasteiger partial charge in [0, 0.05) is 0 Å². The molecule has 0 saturated carbocycles. The lowest BCUT2D eigenvalue weighted by Gasteiger charge is -2.03. The molecule has 0 fully saturated rings. The van der Waals surface area contributed by atoms with Crippen LogP contribution in [-0.2, 0) is 15.7 Å². The van der Waals surface area contributed by atoms with E-state index in [0.717, 1.165) is 0 Å². The van der Waals surface area contributed by atoms with Gasteiger partial charge < -0.3 is 9.94 Å². The lowest BCUT2D eigenvalue weighted by atomic mass is 10.1. The van der Waals surface area contributed by atoms with Crippen LogP contribution in [-0.4, -0.2) is 25.5 Å². The zero-order valence-corrected chi connectivity index (χ0v) is 8.64. The Labute approximate surface area is 91.7 Å². The summed E-state index contributed by atoms with van der Waals surface area (Å²) in [7, 11) is -3.09. The quantitative estimate of drug-likeness (QED) is 0.490. The summed E-state index contributed by atoms with van der Waals surface area (Å²) in [5, 5.41) is 8.74. The third-order valence-corrected chi connectivity index (χ3v) is 1.83. The molecule has 0 saturated heterocycles. The van der Waals surface area contributed by atoms with Crippen LogP contribution in [0.15, 0.2) is 24.3 Å². The normalized spacial score (nSPS) is 10.1. The molecule has 0 heterocycles. The molecule has 0 atom stereocenters. The summed E-state index contributed by atoms with van der Waals surface area (Å²) < 4.78 is 20.2. The Morgan fingerprint density at radius 3 is 2.25 bits per heavy atom. The van der Waals surface area contributed by atoms with Crippen LogP contribution in [0.1, 0.15) is 20.7 Å². The van der Waals surface area contributed by atoms with Gasteiger partial charge in [-0.1, -0.05) is 12.1 Å². The van der Waals surface area contributed by atoms with Crippen LogP contribution in [0, 0.1) is 0 Å². The zero-order chi connectivity index (χ0) is 12.1. The number of aromatic carboxylic acids is 1. The maximum absolute atomic E-state index is 11.3. The molecule has 86 valence electrons. The number of benzene rings is 1. The molecule has 0 bridgehead atoms. The molecule has 0 amide bonds. The maximum Gasteiger partial charge on any atom is 0.358 e. The summed E-state index contributed by atoms with van der Waals surface area (Å²) in [5.41, 5.74) is -0.505. The van der Waals surface area contributed by atoms with Gasteiger partial charge in [0.1, 0.15) is 0 Å². The molecule has 1 aromatic rings. The van der Waals surface area contributed by atoms with Crippen molar-refractivity contribution in [3.63, 3.8) is 0 Å². The van der Waals surface area contributed by atoms with Crippen LogP contribution in [0.25, 0.3) is 0 Å². The minimum Gasteiger partial charge on any atom is -0.478 e. The Balaban J connectivity index is 2.94. The third kappa shape index (κ3) is 3.04. The van der Waals surface area contributed by atoms with E-state index < -0.39 is 22.8 Å². The van der Waals surface area contributed by atoms with Crippen molar-refractivity contribution < 1.29 is 28.0 Å². The van der Waals surface area contributed by atoms with Crippen molar-refractivity contribution in [3.05, 3.63) is 35.4 Å². The zero-order valence-electron chi connectivity index (χ0n) is 7.75. The predicted octanol–water partition coefficient (Wildman–Crippen LogP) is -0.427. The van der Waals surface area contributed by atoms with Crippen LogP contribution in [0.4, 0.5) is 0 Å². The number of carboxylic acid groups (broad SMARTS) is 1. The van der Waals surface area contributed by atoms with Gasteiger partial charge in [0.25, 0.3) is 0 Å². The number of rotatable bonds is 4. The van der Waals surface area contributed by atoms with Crippen molar-refractivity contribution in [2.45, 2.75) is 0 Å². The third-order valence-electron chi connectivity index (χ3n) is 1.59. The van der Waals surface area contributed by atoms with Gasteiger partial charge in [-0.3, -0.25) is 0 Å². The highest BCUT2D eigenvalue weighted by Gasteiger charge is 2.17. The first kappa shape index (κ1) is 12.1. The Kier molecular flexibility index (Phi) is 3.97. The highest BCUT2D eigenvalue weighted by molar-refractivity contribution is 7.70. The lowest BCUT2D eigenvalue weighted by molar-refractivity contribution is 0.0406. The molecule has 1 aromatic carbocycles. The fraction of sp³-hybridized carbons (Fsp3) is 0. The second-order valence-corrected chi connectivity index (χ2v) is 3.29. The van der Waals surface area contributed by atoms with Gasteiger partial charge in [-0.05, 0) is 17.0 Å². The van der Waals surface area contributed by atoms with Gasteiger partial charge in [0.05, 0.1) is 11.1 Å². The molecule has 16 heavy (non-hydrogen) atoms. The van der Waals surface area contributed by atoms with E-state index >= 15 is 0 Å². The molecule has 8 heteroatoms. The van der Waals surface area contributed by atoms with Gasteiger partial charge in [-0.25, -0.2) is 18.0 Å². The smallest absolute Gasteiger partial charge is 0.358 e. The Hall–Kier alpha value is -1.93. The molecular weight excluding hydrogens is 238 g/mol. The average Bonchev–Trinajstić information content (AvgIpc) is 2.25. The summed E-state index contributed by atoms with van der Waals surface area (Å²) in [5.74, 6) is -2.39. The number of nitrogens with one attached hydrogen (secondary N) is 1. The summed E-state index contributed by atoms with van der Waals surface area (Å²) in [6, 6.07) is 5.28. The number of hydrogen-bond acceptors (Lipinski definition) is 5. The highest BCUT2D eigenvalue weighted by atomic mass is 32.2. The Morgan fingerprint density at radius 1 is 1.19 bits per heavy atom. The van der Waals surface area contributed by atoms with Crippen LogP contribution in [0.2, 0.25) is 0 Å². The number of carbonyl (C=O) groups excluding carboxylic acids is 1. The van der Waals surface area contributed by atoms with Crippen molar-refractivity contribution in [2.24, 2.45) is 0 Å². The van der Waals surface area contributed by atoms with Crippen LogP contribution < -0.4 is 4.89 Å². The fourth-order valence-electron chi connectivity index (χ4n) is 0.981. The molecule has 7 nitrogen and oxygen atoms in total. The standard InChI is InChI=1S/C8H7NO6S/c10-7(11)5-3-1-2-4-6(5)8(12)15-9-16(13)14/h1-4,16H,(H,10,11)(H,9,13,14). The summed E-state index contributed by atoms with van der Waals surface area (Å²) in [6.45, 7) is 0. The van der Waals surface area contributed by atoms with Crippen LogP contribution in [0.3, 0.4) is 0 Å². The first-order valence-corrected chi connectivity index (χ1v) is 5.13. The largest absolute Gasteiger partial charge is 0.478 e. The molecule has 0 unspecified atom stereocenters. The average molecular weight is 245 g/mol. The number of thiol groups is 1. The second kappa shape index (κ2) is 5.24. The van der Waals surface area contributed by atoms with E-state index in [0.29, 0.717) is 0 Å². The van der Waals surface area contributed by atoms with Gasteiger partial charge in [0.15, 0.2) is 0 Å². The van der Waals surface area contributed by atoms with Crippen molar-refractivity contribution >= 4 is 22.8 Å². The predicted molar refractivity (Wildman–Crippen MR) is 52.3 cm³/mol. The van der Waals surface area contributed by atoms with E-state index in [2.05, 4.69) is 4.84 Å². The summed E-state index contributed by atoms with van der Waals surface area (Å²) in [4.78, 5) is 27.5. The van der Waals surface area contributed by atoms with Crippen LogP contribution in [0.5, 0.6) is 0 Å². The molecule has 1 rings (SSSR count). The SMILES string of the molecule is O=C(O)c1ccccc1C(=O)ON[SH](=O)=O. The van der Waals surface area contributed by atoms with E-state index in [-0.39, 0.29) is 11.1 Å². The molecule has 0 spiro atoms. The minimum absolute atomic E-state index is 0.237. The van der Waals surface area contributed by atoms with E-state index in [9.17, 15) is 18.0 Å². The highest BCUT2D eigenvalue weighted by Crippen LogP contribution is 2.09. The lowest BCUT2D eigenvalue weighted by Crippen LogP contribution is -2.20. The van der Waals surface area contributed by atoms with Crippen molar-refractivity contribution in [1.29, 1.82) is 0 Å². The van der Waals surface area contributed by atoms with E-state index in [1.165, 1.54) is 29.2 Å². The summed E-state index contributed by atoms with van der Waals surface area (Å²) in [6.07, 6.45) is 0. The first-order valence-electron chi connectivity index (χ1n) is 3.96. The van der Waals surface area contributed by atoms with Gasteiger partial charge in [0.2, 0.25) is 10.9 Å². The molecule has 0 aromatic heterocycles. The number of hydrogen-bond donors (Lipinski definition) is 3. The minimum atomic E-state index is -3.09. The van der Waals surface area contributed by atoms with E-state index in [1.54, 1.807) is 0 Å².